The Morgan fingerprint density at radius 1 is 1.13 bits per heavy atom. The number of hydrogen-bond acceptors (Lipinski definition) is 5. The molecule has 1 aromatic heterocycles. The summed E-state index contributed by atoms with van der Waals surface area (Å²) in [5.74, 6) is -0.629. The maximum Gasteiger partial charge on any atom is 0.414 e. The van der Waals surface area contributed by atoms with Gasteiger partial charge < -0.3 is 19.7 Å². The van der Waals surface area contributed by atoms with Crippen LogP contribution >= 0.6 is 0 Å². The van der Waals surface area contributed by atoms with Gasteiger partial charge in [0.1, 0.15) is 5.82 Å². The minimum Gasteiger partial charge on any atom is -0.481 e. The number of imidazole rings is 1. The normalized spacial score (nSPS) is 21.7. The zero-order valence-electron chi connectivity index (χ0n) is 22.7. The van der Waals surface area contributed by atoms with E-state index < -0.39 is 24.0 Å². The number of aliphatic carboxylic acids is 1. The van der Waals surface area contributed by atoms with Gasteiger partial charge in [0.15, 0.2) is 0 Å². The summed E-state index contributed by atoms with van der Waals surface area (Å²) in [6.45, 7) is 3.51. The average Bonchev–Trinajstić information content (AvgIpc) is 3.32. The molecule has 2 amide bonds. The van der Waals surface area contributed by atoms with Gasteiger partial charge in [0.2, 0.25) is 5.91 Å². The van der Waals surface area contributed by atoms with Crippen molar-refractivity contribution in [3.05, 3.63) is 59.4 Å². The molecule has 1 fully saturated rings. The highest BCUT2D eigenvalue weighted by atomic mass is 16.5. The van der Waals surface area contributed by atoms with Crippen LogP contribution in [0.1, 0.15) is 75.0 Å². The van der Waals surface area contributed by atoms with Crippen molar-refractivity contribution in [2.75, 3.05) is 12.0 Å². The fourth-order valence-electron chi connectivity index (χ4n) is 6.35. The predicted molar refractivity (Wildman–Crippen MR) is 148 cm³/mol. The summed E-state index contributed by atoms with van der Waals surface area (Å²) in [6, 6.07) is 13.4. The SMILES string of the molecule is COC(=O)N1c2ccc3c(nc([C@H](Cc4ccccc4)NC(C)=O)n3[C@@H]3CCC[C@@H](C(=O)O)C3)c2CC[C@@H]1C. The van der Waals surface area contributed by atoms with E-state index in [0.717, 1.165) is 59.4 Å². The number of anilines is 1. The molecular formula is C30H36N4O5. The number of methoxy groups -OCH3 is 1. The number of hydrogen-bond donors (Lipinski definition) is 2. The Balaban J connectivity index is 1.69. The number of carboxylic acids is 1. The topological polar surface area (TPSA) is 114 Å². The molecule has 1 saturated carbocycles. The van der Waals surface area contributed by atoms with Gasteiger partial charge in [-0.3, -0.25) is 14.5 Å². The Labute approximate surface area is 228 Å². The lowest BCUT2D eigenvalue weighted by Gasteiger charge is -2.34. The van der Waals surface area contributed by atoms with Crippen LogP contribution in [-0.2, 0) is 27.2 Å². The van der Waals surface area contributed by atoms with E-state index in [0.29, 0.717) is 19.3 Å². The molecule has 5 rings (SSSR count). The molecule has 0 unspecified atom stereocenters. The molecule has 2 N–H and O–H groups in total. The van der Waals surface area contributed by atoms with Crippen LogP contribution in [0.25, 0.3) is 11.0 Å². The Hall–Kier alpha value is -3.88. The fourth-order valence-corrected chi connectivity index (χ4v) is 6.35. The molecule has 9 nitrogen and oxygen atoms in total. The van der Waals surface area contributed by atoms with Gasteiger partial charge in [-0.05, 0) is 63.1 Å². The molecule has 2 aromatic carbocycles. The summed E-state index contributed by atoms with van der Waals surface area (Å²) in [5, 5.41) is 12.9. The van der Waals surface area contributed by atoms with E-state index in [1.165, 1.54) is 14.0 Å². The Bertz CT molecular complexity index is 1390. The summed E-state index contributed by atoms with van der Waals surface area (Å²) < 4.78 is 7.27. The van der Waals surface area contributed by atoms with E-state index in [1.54, 1.807) is 4.90 Å². The highest BCUT2D eigenvalue weighted by molar-refractivity contribution is 5.95. The first-order valence-electron chi connectivity index (χ1n) is 13.7. The van der Waals surface area contributed by atoms with Crippen molar-refractivity contribution < 1.29 is 24.2 Å². The Morgan fingerprint density at radius 3 is 2.59 bits per heavy atom. The molecule has 0 spiro atoms. The van der Waals surface area contributed by atoms with Crippen molar-refractivity contribution in [2.24, 2.45) is 5.92 Å². The molecule has 4 atom stereocenters. The smallest absolute Gasteiger partial charge is 0.414 e. The Morgan fingerprint density at radius 2 is 1.90 bits per heavy atom. The molecule has 2 aliphatic rings. The molecule has 2 heterocycles. The molecular weight excluding hydrogens is 496 g/mol. The number of aromatic nitrogens is 2. The van der Waals surface area contributed by atoms with Crippen molar-refractivity contribution in [3.8, 4) is 0 Å². The second-order valence-electron chi connectivity index (χ2n) is 10.8. The highest BCUT2D eigenvalue weighted by Crippen LogP contribution is 2.41. The molecule has 3 aromatic rings. The van der Waals surface area contributed by atoms with Gasteiger partial charge in [-0.2, -0.15) is 0 Å². The van der Waals surface area contributed by atoms with Crippen LogP contribution in [0, 0.1) is 5.92 Å². The fraction of sp³-hybridized carbons (Fsp3) is 0.467. The summed E-state index contributed by atoms with van der Waals surface area (Å²) in [6.07, 6.45) is 4.48. The van der Waals surface area contributed by atoms with E-state index >= 15 is 0 Å². The van der Waals surface area contributed by atoms with E-state index in [-0.39, 0.29) is 18.0 Å². The van der Waals surface area contributed by atoms with Gasteiger partial charge in [-0.1, -0.05) is 36.8 Å². The number of carboxylic acid groups (broad SMARTS) is 1. The van der Waals surface area contributed by atoms with Crippen molar-refractivity contribution in [1.82, 2.24) is 14.9 Å². The number of aryl methyl sites for hydroxylation is 1. The first kappa shape index (κ1) is 26.7. The monoisotopic (exact) mass is 532 g/mol. The van der Waals surface area contributed by atoms with Gasteiger partial charge in [0.25, 0.3) is 0 Å². The number of rotatable bonds is 6. The first-order valence-corrected chi connectivity index (χ1v) is 13.7. The van der Waals surface area contributed by atoms with Crippen LogP contribution in [0.4, 0.5) is 10.5 Å². The first-order chi connectivity index (χ1) is 18.8. The molecule has 0 radical (unpaired) electrons. The van der Waals surface area contributed by atoms with Crippen LogP contribution in [0.15, 0.2) is 42.5 Å². The third-order valence-corrected chi connectivity index (χ3v) is 8.19. The van der Waals surface area contributed by atoms with E-state index in [4.69, 9.17) is 9.72 Å². The largest absolute Gasteiger partial charge is 0.481 e. The molecule has 9 heteroatoms. The second-order valence-corrected chi connectivity index (χ2v) is 10.8. The lowest BCUT2D eigenvalue weighted by Crippen LogP contribution is -2.42. The van der Waals surface area contributed by atoms with E-state index in [1.807, 2.05) is 49.4 Å². The third kappa shape index (κ3) is 5.22. The van der Waals surface area contributed by atoms with Crippen molar-refractivity contribution in [1.29, 1.82) is 0 Å². The van der Waals surface area contributed by atoms with E-state index in [2.05, 4.69) is 9.88 Å². The molecule has 1 aliphatic carbocycles. The van der Waals surface area contributed by atoms with Gasteiger partial charge >= 0.3 is 12.1 Å². The summed E-state index contributed by atoms with van der Waals surface area (Å²) in [4.78, 5) is 43.9. The van der Waals surface area contributed by atoms with Crippen molar-refractivity contribution in [2.45, 2.75) is 76.9 Å². The number of nitrogens with one attached hydrogen (secondary N) is 1. The second kappa shape index (κ2) is 11.1. The van der Waals surface area contributed by atoms with Crippen molar-refractivity contribution >= 4 is 34.7 Å². The summed E-state index contributed by atoms with van der Waals surface area (Å²) in [5.41, 5.74) is 4.53. The zero-order valence-corrected chi connectivity index (χ0v) is 22.7. The van der Waals surface area contributed by atoms with Crippen LogP contribution in [0.2, 0.25) is 0 Å². The van der Waals surface area contributed by atoms with Gasteiger partial charge in [-0.25, -0.2) is 9.78 Å². The number of carbonyl (C=O) groups is 3. The quantitative estimate of drug-likeness (QED) is 0.452. The van der Waals surface area contributed by atoms with Crippen LogP contribution in [-0.4, -0.2) is 45.8 Å². The standard InChI is InChI=1S/C30H36N4O5/c1-18-12-13-23-25(33(18)30(38)39-3)14-15-26-27(23)32-28(34(26)22-11-7-10-21(17-22)29(36)37)24(31-19(2)35)16-20-8-5-4-6-9-20/h4-6,8-9,14-15,18,21-22,24H,7,10-13,16-17H2,1-3H3,(H,31,35)(H,36,37)/t18-,21+,22+,24-/m0/s1. The summed E-state index contributed by atoms with van der Waals surface area (Å²) >= 11 is 0. The van der Waals surface area contributed by atoms with Crippen LogP contribution in [0.5, 0.6) is 0 Å². The van der Waals surface area contributed by atoms with E-state index in [9.17, 15) is 19.5 Å². The maximum absolute atomic E-state index is 12.7. The van der Waals surface area contributed by atoms with Gasteiger partial charge in [-0.15, -0.1) is 0 Å². The van der Waals surface area contributed by atoms with Crippen molar-refractivity contribution in [3.63, 3.8) is 0 Å². The predicted octanol–water partition coefficient (Wildman–Crippen LogP) is 5.18. The minimum atomic E-state index is -0.770. The highest BCUT2D eigenvalue weighted by Gasteiger charge is 2.35. The molecule has 206 valence electrons. The summed E-state index contributed by atoms with van der Waals surface area (Å²) in [7, 11) is 1.39. The number of fused-ring (bicyclic) bond motifs is 3. The van der Waals surface area contributed by atoms with Crippen LogP contribution in [0.3, 0.4) is 0 Å². The van der Waals surface area contributed by atoms with Crippen LogP contribution < -0.4 is 10.2 Å². The molecule has 0 saturated heterocycles. The lowest BCUT2D eigenvalue weighted by atomic mass is 9.85. The molecule has 39 heavy (non-hydrogen) atoms. The molecule has 0 bridgehead atoms. The average molecular weight is 533 g/mol. The number of carbonyl (C=O) groups excluding carboxylic acids is 2. The number of nitrogens with zero attached hydrogens (tertiary/aromatic N) is 3. The minimum absolute atomic E-state index is 0.0103. The van der Waals surface area contributed by atoms with Gasteiger partial charge in [0.05, 0.1) is 35.8 Å². The Kier molecular flexibility index (Phi) is 7.59. The third-order valence-electron chi connectivity index (χ3n) is 8.19. The number of benzene rings is 2. The maximum atomic E-state index is 12.7. The molecule has 1 aliphatic heterocycles. The van der Waals surface area contributed by atoms with Gasteiger partial charge in [0, 0.05) is 24.6 Å². The number of amides is 2. The lowest BCUT2D eigenvalue weighted by molar-refractivity contribution is -0.143. The zero-order chi connectivity index (χ0) is 27.7. The number of ether oxygens (including phenoxy) is 1.